The summed E-state index contributed by atoms with van der Waals surface area (Å²) in [5, 5.41) is 0. The van der Waals surface area contributed by atoms with E-state index in [1.807, 2.05) is 28.9 Å². The van der Waals surface area contributed by atoms with E-state index in [1.54, 1.807) is 16.8 Å². The summed E-state index contributed by atoms with van der Waals surface area (Å²) in [6.45, 7) is 2.81. The second-order valence-electron chi connectivity index (χ2n) is 5.95. The average Bonchev–Trinajstić information content (AvgIpc) is 3.06. The summed E-state index contributed by atoms with van der Waals surface area (Å²) in [5.74, 6) is 2.41. The minimum absolute atomic E-state index is 0.0219. The molecule has 0 aliphatic carbocycles. The summed E-state index contributed by atoms with van der Waals surface area (Å²) in [4.78, 5) is 23.6. The number of benzene rings is 1. The van der Waals surface area contributed by atoms with Gasteiger partial charge in [0.1, 0.15) is 5.69 Å². The normalized spacial score (nSPS) is 18.0. The standard InChI is InChI=1S/C18H18N4OS/c1-13-3-5-14(6-4-13)16-12-24-10-9-22(16)17(23)15-11-21-8-2-7-19-18(21)20-15/h2-8,11,16H,9-10,12H2,1H3/t16-/m1/s1. The van der Waals surface area contributed by atoms with E-state index in [-0.39, 0.29) is 11.9 Å². The Morgan fingerprint density at radius 3 is 2.92 bits per heavy atom. The molecule has 24 heavy (non-hydrogen) atoms. The van der Waals surface area contributed by atoms with Crippen molar-refractivity contribution in [1.29, 1.82) is 0 Å². The fourth-order valence-corrected chi connectivity index (χ4v) is 4.08. The van der Waals surface area contributed by atoms with Crippen LogP contribution in [0.25, 0.3) is 5.78 Å². The quantitative estimate of drug-likeness (QED) is 0.721. The topological polar surface area (TPSA) is 50.5 Å². The van der Waals surface area contributed by atoms with Crippen LogP contribution in [0, 0.1) is 6.92 Å². The van der Waals surface area contributed by atoms with Crippen molar-refractivity contribution in [1.82, 2.24) is 19.3 Å². The number of fused-ring (bicyclic) bond motifs is 1. The summed E-state index contributed by atoms with van der Waals surface area (Å²) in [6.07, 6.45) is 5.30. The van der Waals surface area contributed by atoms with Crippen LogP contribution in [0.4, 0.5) is 0 Å². The maximum Gasteiger partial charge on any atom is 0.274 e. The number of imidazole rings is 1. The number of nitrogens with zero attached hydrogens (tertiary/aromatic N) is 4. The number of aromatic nitrogens is 3. The van der Waals surface area contributed by atoms with Crippen LogP contribution >= 0.6 is 11.8 Å². The molecule has 0 spiro atoms. The van der Waals surface area contributed by atoms with E-state index in [4.69, 9.17) is 0 Å². The maximum atomic E-state index is 13.0. The van der Waals surface area contributed by atoms with E-state index in [1.165, 1.54) is 11.1 Å². The Labute approximate surface area is 144 Å². The smallest absolute Gasteiger partial charge is 0.274 e. The lowest BCUT2D eigenvalue weighted by molar-refractivity contribution is 0.0696. The summed E-state index contributed by atoms with van der Waals surface area (Å²) in [7, 11) is 0. The molecule has 0 saturated carbocycles. The van der Waals surface area contributed by atoms with Gasteiger partial charge >= 0.3 is 0 Å². The molecule has 122 valence electrons. The highest BCUT2D eigenvalue weighted by Gasteiger charge is 2.30. The first kappa shape index (κ1) is 15.2. The van der Waals surface area contributed by atoms with Gasteiger partial charge < -0.3 is 4.90 Å². The molecule has 1 amide bonds. The van der Waals surface area contributed by atoms with Crippen molar-refractivity contribution in [2.75, 3.05) is 18.1 Å². The zero-order valence-corrected chi connectivity index (χ0v) is 14.2. The Morgan fingerprint density at radius 1 is 1.29 bits per heavy atom. The first-order valence-corrected chi connectivity index (χ1v) is 9.13. The third-order valence-corrected chi connectivity index (χ3v) is 5.33. The van der Waals surface area contributed by atoms with Gasteiger partial charge in [0.15, 0.2) is 0 Å². The third-order valence-electron chi connectivity index (χ3n) is 4.31. The zero-order chi connectivity index (χ0) is 16.5. The highest BCUT2D eigenvalue weighted by molar-refractivity contribution is 7.99. The number of thioether (sulfide) groups is 1. The molecule has 6 heteroatoms. The third kappa shape index (κ3) is 2.78. The Balaban J connectivity index is 1.66. The van der Waals surface area contributed by atoms with Crippen LogP contribution in [0.1, 0.15) is 27.7 Å². The van der Waals surface area contributed by atoms with Gasteiger partial charge in [-0.1, -0.05) is 29.8 Å². The van der Waals surface area contributed by atoms with Gasteiger partial charge in [-0.15, -0.1) is 0 Å². The molecule has 1 fully saturated rings. The molecule has 1 atom stereocenters. The summed E-state index contributed by atoms with van der Waals surface area (Å²) in [6, 6.07) is 10.4. The highest BCUT2D eigenvalue weighted by Crippen LogP contribution is 2.30. The van der Waals surface area contributed by atoms with Gasteiger partial charge in [-0.3, -0.25) is 9.20 Å². The SMILES string of the molecule is Cc1ccc([C@H]2CSCCN2C(=O)c2cn3cccnc3n2)cc1. The van der Waals surface area contributed by atoms with E-state index >= 15 is 0 Å². The molecule has 2 aromatic heterocycles. The maximum absolute atomic E-state index is 13.0. The number of aryl methyl sites for hydroxylation is 1. The van der Waals surface area contributed by atoms with E-state index < -0.39 is 0 Å². The number of hydrogen-bond donors (Lipinski definition) is 0. The predicted octanol–water partition coefficient (Wildman–Crippen LogP) is 2.97. The highest BCUT2D eigenvalue weighted by atomic mass is 32.2. The summed E-state index contributed by atoms with van der Waals surface area (Å²) in [5.41, 5.74) is 2.87. The van der Waals surface area contributed by atoms with Gasteiger partial charge in [-0.05, 0) is 18.6 Å². The lowest BCUT2D eigenvalue weighted by atomic mass is 10.0. The van der Waals surface area contributed by atoms with Crippen molar-refractivity contribution in [3.05, 3.63) is 65.7 Å². The lowest BCUT2D eigenvalue weighted by Crippen LogP contribution is -2.40. The van der Waals surface area contributed by atoms with Crippen molar-refractivity contribution in [3.63, 3.8) is 0 Å². The van der Waals surface area contributed by atoms with Crippen LogP contribution < -0.4 is 0 Å². The second-order valence-corrected chi connectivity index (χ2v) is 7.10. The van der Waals surface area contributed by atoms with Crippen molar-refractivity contribution in [2.24, 2.45) is 0 Å². The molecular weight excluding hydrogens is 320 g/mol. The Kier molecular flexibility index (Phi) is 3.98. The molecule has 1 aliphatic rings. The van der Waals surface area contributed by atoms with Gasteiger partial charge in [-0.25, -0.2) is 9.97 Å². The van der Waals surface area contributed by atoms with Gasteiger partial charge in [-0.2, -0.15) is 11.8 Å². The van der Waals surface area contributed by atoms with Gasteiger partial charge in [0.25, 0.3) is 5.91 Å². The molecule has 5 nitrogen and oxygen atoms in total. The molecule has 0 unspecified atom stereocenters. The number of amides is 1. The van der Waals surface area contributed by atoms with E-state index in [0.717, 1.165) is 18.1 Å². The average molecular weight is 338 g/mol. The van der Waals surface area contributed by atoms with Crippen LogP contribution in [0.5, 0.6) is 0 Å². The van der Waals surface area contributed by atoms with Crippen LogP contribution in [-0.4, -0.2) is 43.2 Å². The molecule has 1 aromatic carbocycles. The molecule has 3 heterocycles. The largest absolute Gasteiger partial charge is 0.329 e. The van der Waals surface area contributed by atoms with Crippen molar-refractivity contribution in [3.8, 4) is 0 Å². The van der Waals surface area contributed by atoms with Crippen LogP contribution in [-0.2, 0) is 0 Å². The van der Waals surface area contributed by atoms with Crippen molar-refractivity contribution >= 4 is 23.4 Å². The minimum Gasteiger partial charge on any atom is -0.329 e. The Hall–Kier alpha value is -2.34. The number of carbonyl (C=O) groups excluding carboxylic acids is 1. The minimum atomic E-state index is -0.0219. The van der Waals surface area contributed by atoms with Crippen LogP contribution in [0.2, 0.25) is 0 Å². The van der Waals surface area contributed by atoms with Gasteiger partial charge in [0.2, 0.25) is 5.78 Å². The molecule has 4 rings (SSSR count). The van der Waals surface area contributed by atoms with E-state index in [9.17, 15) is 4.79 Å². The van der Waals surface area contributed by atoms with E-state index in [2.05, 4.69) is 41.2 Å². The first-order chi connectivity index (χ1) is 11.7. The molecule has 0 bridgehead atoms. The Bertz CT molecular complexity index is 841. The lowest BCUT2D eigenvalue weighted by Gasteiger charge is -2.35. The summed E-state index contributed by atoms with van der Waals surface area (Å²) < 4.78 is 1.78. The van der Waals surface area contributed by atoms with Gasteiger partial charge in [0.05, 0.1) is 6.04 Å². The number of rotatable bonds is 2. The second kappa shape index (κ2) is 6.28. The molecule has 0 radical (unpaired) electrons. The molecule has 3 aromatic rings. The fraction of sp³-hybridized carbons (Fsp3) is 0.278. The van der Waals surface area contributed by atoms with E-state index in [0.29, 0.717) is 11.5 Å². The summed E-state index contributed by atoms with van der Waals surface area (Å²) >= 11 is 1.89. The fourth-order valence-electron chi connectivity index (χ4n) is 2.99. The molecule has 0 N–H and O–H groups in total. The molecular formula is C18H18N4OS. The van der Waals surface area contributed by atoms with Crippen LogP contribution in [0.15, 0.2) is 48.9 Å². The van der Waals surface area contributed by atoms with Crippen LogP contribution in [0.3, 0.4) is 0 Å². The first-order valence-electron chi connectivity index (χ1n) is 7.97. The van der Waals surface area contributed by atoms with Gasteiger partial charge in [0, 0.05) is 36.6 Å². The Morgan fingerprint density at radius 2 is 2.12 bits per heavy atom. The zero-order valence-electron chi connectivity index (χ0n) is 13.4. The number of hydrogen-bond acceptors (Lipinski definition) is 4. The van der Waals surface area contributed by atoms with Crippen molar-refractivity contribution < 1.29 is 4.79 Å². The molecule has 1 aliphatic heterocycles. The van der Waals surface area contributed by atoms with Crippen molar-refractivity contribution in [2.45, 2.75) is 13.0 Å². The number of carbonyl (C=O) groups is 1. The predicted molar refractivity (Wildman–Crippen MR) is 95.3 cm³/mol. The monoisotopic (exact) mass is 338 g/mol. The molecule has 1 saturated heterocycles.